The summed E-state index contributed by atoms with van der Waals surface area (Å²) in [5.74, 6) is -0.198. The molecule has 0 aliphatic heterocycles. The molecule has 0 aromatic heterocycles. The Morgan fingerprint density at radius 1 is 1.32 bits per heavy atom. The van der Waals surface area contributed by atoms with Crippen LogP contribution in [0.1, 0.15) is 16.8 Å². The maximum Gasteiger partial charge on any atom is 0.253 e. The van der Waals surface area contributed by atoms with Crippen LogP contribution < -0.4 is 5.73 Å². The van der Waals surface area contributed by atoms with Crippen molar-refractivity contribution in [2.75, 3.05) is 19.8 Å². The van der Waals surface area contributed by atoms with E-state index in [0.717, 1.165) is 6.26 Å². The Bertz CT molecular complexity index is 579. The molecule has 0 spiro atoms. The molecule has 7 heteroatoms. The molecule has 1 amide bonds. The summed E-state index contributed by atoms with van der Waals surface area (Å²) in [6, 6.07) is 5.83. The molecule has 0 fully saturated rings. The maximum atomic E-state index is 12.0. The number of carbonyl (C=O) groups is 1. The third-order valence-electron chi connectivity index (χ3n) is 2.57. The van der Waals surface area contributed by atoms with Crippen LogP contribution in [0, 0.1) is 0 Å². The van der Waals surface area contributed by atoms with E-state index in [1.165, 1.54) is 29.2 Å². The molecule has 0 heterocycles. The molecular weight excluding hydrogens is 284 g/mol. The fourth-order valence-corrected chi connectivity index (χ4v) is 2.17. The number of nitrogens with zero attached hydrogens (tertiary/aromatic N) is 1. The minimum Gasteiger partial charge on any atom is -0.393 e. The number of sulfone groups is 1. The van der Waals surface area contributed by atoms with Gasteiger partial charge in [0.1, 0.15) is 0 Å². The molecule has 0 unspecified atom stereocenters. The fraction of sp³-hybridized carbons (Fsp3) is 0.333. The zero-order chi connectivity index (χ0) is 14.6. The lowest BCUT2D eigenvalue weighted by Gasteiger charge is -2.16. The first kappa shape index (κ1) is 15.6. The average Bonchev–Trinajstić information content (AvgIpc) is 2.34. The Morgan fingerprint density at radius 3 is 2.26 bits per heavy atom. The Balaban J connectivity index is 2.81. The van der Waals surface area contributed by atoms with Gasteiger partial charge in [-0.2, -0.15) is 0 Å². The standard InChI is InChI=1S/C12H16N2O3S2/c1-14(8-7-11(13)18)12(15)9-3-5-10(6-4-9)19(2,16)17/h3-6H,7-8H2,1-2H3,(H2,13,18). The van der Waals surface area contributed by atoms with Crippen molar-refractivity contribution >= 4 is 33.0 Å². The van der Waals surface area contributed by atoms with Gasteiger partial charge in [0.15, 0.2) is 9.84 Å². The van der Waals surface area contributed by atoms with Crippen LogP contribution in [-0.4, -0.2) is 44.1 Å². The zero-order valence-electron chi connectivity index (χ0n) is 10.8. The van der Waals surface area contributed by atoms with Gasteiger partial charge in [-0.25, -0.2) is 8.42 Å². The minimum atomic E-state index is -3.25. The average molecular weight is 300 g/mol. The van der Waals surface area contributed by atoms with E-state index in [1.54, 1.807) is 7.05 Å². The van der Waals surface area contributed by atoms with E-state index < -0.39 is 9.84 Å². The first-order valence-electron chi connectivity index (χ1n) is 5.55. The summed E-state index contributed by atoms with van der Waals surface area (Å²) in [4.78, 5) is 14.0. The fourth-order valence-electron chi connectivity index (χ4n) is 1.44. The van der Waals surface area contributed by atoms with Crippen molar-refractivity contribution in [1.82, 2.24) is 4.90 Å². The lowest BCUT2D eigenvalue weighted by molar-refractivity contribution is 0.0799. The van der Waals surface area contributed by atoms with Gasteiger partial charge in [-0.15, -0.1) is 0 Å². The van der Waals surface area contributed by atoms with Gasteiger partial charge >= 0.3 is 0 Å². The van der Waals surface area contributed by atoms with Crippen molar-refractivity contribution in [3.8, 4) is 0 Å². The van der Waals surface area contributed by atoms with Gasteiger partial charge in [0.25, 0.3) is 5.91 Å². The maximum absolute atomic E-state index is 12.0. The summed E-state index contributed by atoms with van der Waals surface area (Å²) in [7, 11) is -1.60. The largest absolute Gasteiger partial charge is 0.393 e. The van der Waals surface area contributed by atoms with E-state index in [2.05, 4.69) is 0 Å². The summed E-state index contributed by atoms with van der Waals surface area (Å²) in [6.07, 6.45) is 1.58. The molecule has 19 heavy (non-hydrogen) atoms. The van der Waals surface area contributed by atoms with Crippen LogP contribution in [0.25, 0.3) is 0 Å². The highest BCUT2D eigenvalue weighted by Crippen LogP contribution is 2.11. The Kier molecular flexibility index (Phi) is 5.02. The summed E-state index contributed by atoms with van der Waals surface area (Å²) >= 11 is 4.75. The molecule has 1 aromatic carbocycles. The van der Waals surface area contributed by atoms with E-state index in [9.17, 15) is 13.2 Å². The van der Waals surface area contributed by atoms with Crippen LogP contribution >= 0.6 is 12.2 Å². The normalized spacial score (nSPS) is 11.1. The molecular formula is C12H16N2O3S2. The smallest absolute Gasteiger partial charge is 0.253 e. The number of nitrogens with two attached hydrogens (primary N) is 1. The second-order valence-electron chi connectivity index (χ2n) is 4.24. The number of benzene rings is 1. The molecule has 0 bridgehead atoms. The molecule has 0 radical (unpaired) electrons. The molecule has 0 saturated carbocycles. The first-order chi connectivity index (χ1) is 8.71. The predicted octanol–water partition coefficient (Wildman–Crippen LogP) is 0.838. The molecule has 0 aliphatic rings. The highest BCUT2D eigenvalue weighted by atomic mass is 32.2. The molecule has 0 aliphatic carbocycles. The quantitative estimate of drug-likeness (QED) is 0.815. The molecule has 104 valence electrons. The number of carbonyl (C=O) groups excluding carboxylic acids is 1. The van der Waals surface area contributed by atoms with Crippen LogP contribution in [0.3, 0.4) is 0 Å². The van der Waals surface area contributed by atoms with E-state index >= 15 is 0 Å². The summed E-state index contributed by atoms with van der Waals surface area (Å²) < 4.78 is 22.6. The van der Waals surface area contributed by atoms with Crippen LogP contribution in [0.2, 0.25) is 0 Å². The Labute approximate surface area is 118 Å². The number of hydrogen-bond acceptors (Lipinski definition) is 4. The molecule has 0 atom stereocenters. The van der Waals surface area contributed by atoms with Crippen molar-refractivity contribution in [2.24, 2.45) is 5.73 Å². The van der Waals surface area contributed by atoms with Gasteiger partial charge in [0, 0.05) is 31.8 Å². The highest BCUT2D eigenvalue weighted by molar-refractivity contribution is 7.90. The van der Waals surface area contributed by atoms with E-state index in [1.807, 2.05) is 0 Å². The third kappa shape index (κ3) is 4.60. The van der Waals surface area contributed by atoms with Crippen molar-refractivity contribution in [1.29, 1.82) is 0 Å². The van der Waals surface area contributed by atoms with Crippen LogP contribution in [-0.2, 0) is 9.84 Å². The van der Waals surface area contributed by atoms with Gasteiger partial charge in [-0.05, 0) is 24.3 Å². The topological polar surface area (TPSA) is 80.5 Å². The van der Waals surface area contributed by atoms with Crippen LogP contribution in [0.5, 0.6) is 0 Å². The van der Waals surface area contributed by atoms with Gasteiger partial charge in [-0.1, -0.05) is 12.2 Å². The molecule has 0 saturated heterocycles. The molecule has 1 rings (SSSR count). The zero-order valence-corrected chi connectivity index (χ0v) is 12.4. The minimum absolute atomic E-state index is 0.190. The molecule has 5 nitrogen and oxygen atoms in total. The van der Waals surface area contributed by atoms with Gasteiger partial charge < -0.3 is 10.6 Å². The second-order valence-corrected chi connectivity index (χ2v) is 6.78. The van der Waals surface area contributed by atoms with Gasteiger partial charge in [-0.3, -0.25) is 4.79 Å². The number of rotatable bonds is 5. The third-order valence-corrected chi connectivity index (χ3v) is 3.90. The van der Waals surface area contributed by atoms with Crippen molar-refractivity contribution in [2.45, 2.75) is 11.3 Å². The van der Waals surface area contributed by atoms with Gasteiger partial charge in [0.05, 0.1) is 9.88 Å². The van der Waals surface area contributed by atoms with E-state index in [-0.39, 0.29) is 10.8 Å². The van der Waals surface area contributed by atoms with Gasteiger partial charge in [0.2, 0.25) is 0 Å². The van der Waals surface area contributed by atoms with Crippen LogP contribution in [0.15, 0.2) is 29.2 Å². The highest BCUT2D eigenvalue weighted by Gasteiger charge is 2.13. The SMILES string of the molecule is CN(CCC(N)=S)C(=O)c1ccc(S(C)(=O)=O)cc1. The lowest BCUT2D eigenvalue weighted by atomic mass is 10.2. The molecule has 1 aromatic rings. The lowest BCUT2D eigenvalue weighted by Crippen LogP contribution is -2.30. The first-order valence-corrected chi connectivity index (χ1v) is 7.85. The van der Waals surface area contributed by atoms with Crippen molar-refractivity contribution < 1.29 is 13.2 Å². The number of hydrogen-bond donors (Lipinski definition) is 1. The van der Waals surface area contributed by atoms with E-state index in [4.69, 9.17) is 18.0 Å². The summed E-state index contributed by atoms with van der Waals surface area (Å²) in [5, 5.41) is 0. The number of thiocarbonyl (C=S) groups is 1. The molecule has 2 N–H and O–H groups in total. The van der Waals surface area contributed by atoms with Crippen molar-refractivity contribution in [3.05, 3.63) is 29.8 Å². The monoisotopic (exact) mass is 300 g/mol. The Hall–Kier alpha value is -1.47. The number of amides is 1. The Morgan fingerprint density at radius 2 is 1.84 bits per heavy atom. The van der Waals surface area contributed by atoms with Crippen LogP contribution in [0.4, 0.5) is 0 Å². The summed E-state index contributed by atoms with van der Waals surface area (Å²) in [5.41, 5.74) is 5.80. The second kappa shape index (κ2) is 6.12. The summed E-state index contributed by atoms with van der Waals surface area (Å²) in [6.45, 7) is 0.433. The van der Waals surface area contributed by atoms with Crippen molar-refractivity contribution in [3.63, 3.8) is 0 Å². The van der Waals surface area contributed by atoms with E-state index in [0.29, 0.717) is 23.5 Å². The predicted molar refractivity (Wildman–Crippen MR) is 77.9 cm³/mol.